The molecule has 2 heterocycles. The van der Waals surface area contributed by atoms with Gasteiger partial charge in [-0.15, -0.1) is 0 Å². The summed E-state index contributed by atoms with van der Waals surface area (Å²) in [6.45, 7) is 3.94. The average molecular weight is 333 g/mol. The number of carbonyl (C=O) groups is 1. The van der Waals surface area contributed by atoms with Gasteiger partial charge in [-0.3, -0.25) is 14.7 Å². The average Bonchev–Trinajstić information content (AvgIpc) is 2.75. The minimum atomic E-state index is -0.674. The number of rotatable bonds is 5. The maximum atomic E-state index is 12.5. The molecule has 0 atom stereocenters. The number of halogens is 1. The molecule has 7 heteroatoms. The molecule has 0 aliphatic heterocycles. The molecule has 0 fully saturated rings. The third kappa shape index (κ3) is 2.87. The number of nitrogens with zero attached hydrogens (tertiary/aromatic N) is 3. The van der Waals surface area contributed by atoms with Crippen LogP contribution in [0.15, 0.2) is 30.4 Å². The van der Waals surface area contributed by atoms with E-state index in [0.717, 1.165) is 5.70 Å². The van der Waals surface area contributed by atoms with Crippen LogP contribution in [0.25, 0.3) is 16.9 Å². The van der Waals surface area contributed by atoms with E-state index in [1.54, 1.807) is 23.8 Å². The van der Waals surface area contributed by atoms with Gasteiger partial charge in [0.25, 0.3) is 0 Å². The van der Waals surface area contributed by atoms with E-state index < -0.39 is 5.41 Å². The zero-order chi connectivity index (χ0) is 16.6. The highest BCUT2D eigenvalue weighted by atomic mass is 35.5. The lowest BCUT2D eigenvalue weighted by Gasteiger charge is -2.22. The molecule has 23 heavy (non-hydrogen) atoms. The maximum absolute atomic E-state index is 12.5. The van der Waals surface area contributed by atoms with Crippen LogP contribution in [-0.4, -0.2) is 34.2 Å². The first kappa shape index (κ1) is 15.7. The lowest BCUT2D eigenvalue weighted by Crippen LogP contribution is -2.35. The number of methoxy groups -OCH3 is 1. The minimum Gasteiger partial charge on any atom is -0.384 e. The fourth-order valence-corrected chi connectivity index (χ4v) is 2.43. The highest BCUT2D eigenvalue weighted by molar-refractivity contribution is 6.29. The van der Waals surface area contributed by atoms with E-state index in [0.29, 0.717) is 28.9 Å². The second kappa shape index (κ2) is 5.79. The predicted molar refractivity (Wildman–Crippen MR) is 90.2 cm³/mol. The Morgan fingerprint density at radius 1 is 1.39 bits per heavy atom. The van der Waals surface area contributed by atoms with E-state index in [2.05, 4.69) is 15.3 Å². The van der Waals surface area contributed by atoms with Crippen molar-refractivity contribution < 1.29 is 9.53 Å². The van der Waals surface area contributed by atoms with Gasteiger partial charge in [0, 0.05) is 7.11 Å². The summed E-state index contributed by atoms with van der Waals surface area (Å²) >= 11 is 5.99. The largest absolute Gasteiger partial charge is 0.384 e. The van der Waals surface area contributed by atoms with Crippen LogP contribution >= 0.6 is 11.6 Å². The monoisotopic (exact) mass is 332 g/mol. The predicted octanol–water partition coefficient (Wildman–Crippen LogP) is 3.11. The molecule has 0 bridgehead atoms. The van der Waals surface area contributed by atoms with Gasteiger partial charge in [0.15, 0.2) is 5.65 Å². The van der Waals surface area contributed by atoms with Crippen LogP contribution in [0.5, 0.6) is 0 Å². The van der Waals surface area contributed by atoms with Gasteiger partial charge in [-0.05, 0) is 38.1 Å². The number of hydrogen-bond acceptors (Lipinski definition) is 4. The molecule has 1 N–H and O–H groups in total. The van der Waals surface area contributed by atoms with E-state index in [-0.39, 0.29) is 5.91 Å². The Hall–Kier alpha value is -2.18. The van der Waals surface area contributed by atoms with Crippen LogP contribution in [0.2, 0.25) is 5.15 Å². The van der Waals surface area contributed by atoms with Crippen molar-refractivity contribution in [1.29, 1.82) is 0 Å². The van der Waals surface area contributed by atoms with Crippen molar-refractivity contribution in [1.82, 2.24) is 14.5 Å². The molecule has 1 aliphatic rings. The fraction of sp³-hybridized carbons (Fsp3) is 0.312. The van der Waals surface area contributed by atoms with Crippen molar-refractivity contribution in [3.05, 3.63) is 35.5 Å². The highest BCUT2D eigenvalue weighted by Gasteiger charge is 2.29. The Morgan fingerprint density at radius 2 is 2.13 bits per heavy atom. The molecule has 1 aliphatic carbocycles. The number of nitrogens with one attached hydrogen (secondary N) is 1. The Morgan fingerprint density at radius 3 is 2.74 bits per heavy atom. The normalized spacial score (nSPS) is 13.8. The Kier molecular flexibility index (Phi) is 3.95. The molecule has 0 spiro atoms. The van der Waals surface area contributed by atoms with Crippen LogP contribution < -0.4 is 5.32 Å². The third-order valence-corrected chi connectivity index (χ3v) is 3.82. The molecule has 3 rings (SSSR count). The first-order chi connectivity index (χ1) is 10.9. The van der Waals surface area contributed by atoms with Crippen LogP contribution in [0.1, 0.15) is 13.8 Å². The fourth-order valence-electron chi connectivity index (χ4n) is 2.29. The second-order valence-electron chi connectivity index (χ2n) is 5.97. The number of ether oxygens (including phenoxy) is 1. The van der Waals surface area contributed by atoms with E-state index in [1.165, 1.54) is 0 Å². The van der Waals surface area contributed by atoms with Gasteiger partial charge in [0.1, 0.15) is 10.7 Å². The number of imidazole rings is 1. The van der Waals surface area contributed by atoms with Crippen LogP contribution in [-0.2, 0) is 9.53 Å². The van der Waals surface area contributed by atoms with Gasteiger partial charge in [-0.2, -0.15) is 0 Å². The number of hydrogen-bond donors (Lipinski definition) is 1. The molecule has 2 aromatic rings. The molecule has 0 unspecified atom stereocenters. The first-order valence-electron chi connectivity index (χ1n) is 7.16. The van der Waals surface area contributed by atoms with Gasteiger partial charge in [-0.25, -0.2) is 9.97 Å². The number of pyridine rings is 1. The zero-order valence-corrected chi connectivity index (χ0v) is 13.9. The van der Waals surface area contributed by atoms with E-state index in [9.17, 15) is 4.79 Å². The molecule has 0 saturated carbocycles. The van der Waals surface area contributed by atoms with E-state index >= 15 is 0 Å². The van der Waals surface area contributed by atoms with Crippen molar-refractivity contribution in [2.75, 3.05) is 19.0 Å². The molecular formula is C16H17ClN4O2. The number of allylic oxidation sites excluding steroid dienone is 4. The summed E-state index contributed by atoms with van der Waals surface area (Å²) in [4.78, 5) is 21.3. The van der Waals surface area contributed by atoms with Gasteiger partial charge in [0.2, 0.25) is 11.9 Å². The standard InChI is InChI=1S/C16H17ClN4O2/c1-16(2,9-23-3)14(22)20-15-18-11-7-8-12(17)19-13(11)21(15)10-5-4-6-10/h4-8H,9H2,1-3H3,(H,18,20,22). The summed E-state index contributed by atoms with van der Waals surface area (Å²) < 4.78 is 6.89. The van der Waals surface area contributed by atoms with Gasteiger partial charge in [0.05, 0.1) is 17.7 Å². The number of carbonyl (C=O) groups excluding carboxylic acids is 1. The minimum absolute atomic E-state index is 0.175. The lowest BCUT2D eigenvalue weighted by atomic mass is 9.94. The quantitative estimate of drug-likeness (QED) is 0.854. The summed E-state index contributed by atoms with van der Waals surface area (Å²) in [6, 6.07) is 3.45. The van der Waals surface area contributed by atoms with Crippen molar-refractivity contribution in [3.8, 4) is 0 Å². The Bertz CT molecular complexity index is 836. The van der Waals surface area contributed by atoms with E-state index in [4.69, 9.17) is 16.3 Å². The van der Waals surface area contributed by atoms with Crippen LogP contribution in [0.4, 0.5) is 5.95 Å². The van der Waals surface area contributed by atoms with Crippen LogP contribution in [0.3, 0.4) is 0 Å². The number of amides is 1. The molecule has 120 valence electrons. The number of aromatic nitrogens is 3. The van der Waals surface area contributed by atoms with Crippen molar-refractivity contribution in [2.24, 2.45) is 5.41 Å². The molecule has 6 nitrogen and oxygen atoms in total. The summed E-state index contributed by atoms with van der Waals surface area (Å²) in [5.41, 5.74) is 1.48. The van der Waals surface area contributed by atoms with Gasteiger partial charge < -0.3 is 4.74 Å². The molecular weight excluding hydrogens is 316 g/mol. The molecule has 0 radical (unpaired) electrons. The van der Waals surface area contributed by atoms with E-state index in [1.807, 2.05) is 32.1 Å². The molecule has 0 aromatic carbocycles. The van der Waals surface area contributed by atoms with Gasteiger partial charge >= 0.3 is 0 Å². The Labute approximate surface area is 138 Å². The highest BCUT2D eigenvalue weighted by Crippen LogP contribution is 2.28. The molecule has 0 saturated heterocycles. The first-order valence-corrected chi connectivity index (χ1v) is 7.54. The SMILES string of the molecule is COCC(C)(C)C(=O)Nc1nc2ccc(Cl)nc2n1C1=CC=C1. The lowest BCUT2D eigenvalue weighted by molar-refractivity contribution is -0.126. The summed E-state index contributed by atoms with van der Waals surface area (Å²) in [5, 5.41) is 3.24. The molecule has 1 amide bonds. The smallest absolute Gasteiger partial charge is 0.234 e. The maximum Gasteiger partial charge on any atom is 0.234 e. The van der Waals surface area contributed by atoms with Crippen molar-refractivity contribution >= 4 is 40.3 Å². The topological polar surface area (TPSA) is 69.0 Å². The summed E-state index contributed by atoms with van der Waals surface area (Å²) in [7, 11) is 1.57. The van der Waals surface area contributed by atoms with Gasteiger partial charge in [-0.1, -0.05) is 17.7 Å². The zero-order valence-electron chi connectivity index (χ0n) is 13.1. The van der Waals surface area contributed by atoms with Crippen LogP contribution in [0, 0.1) is 5.41 Å². The third-order valence-electron chi connectivity index (χ3n) is 3.61. The summed E-state index contributed by atoms with van der Waals surface area (Å²) in [6.07, 6.45) is 5.74. The number of fused-ring (bicyclic) bond motifs is 1. The Balaban J connectivity index is 2.02. The second-order valence-corrected chi connectivity index (χ2v) is 6.36. The summed E-state index contributed by atoms with van der Waals surface area (Å²) in [5.74, 6) is 0.241. The number of anilines is 1. The van der Waals surface area contributed by atoms with Crippen molar-refractivity contribution in [2.45, 2.75) is 13.8 Å². The van der Waals surface area contributed by atoms with Crippen molar-refractivity contribution in [3.63, 3.8) is 0 Å². The molecule has 2 aromatic heterocycles.